The molecule has 5 nitrogen and oxygen atoms in total. The van der Waals surface area contributed by atoms with Crippen molar-refractivity contribution in [3.05, 3.63) is 35.9 Å². The highest BCUT2D eigenvalue weighted by Gasteiger charge is 1.97. The second-order valence-corrected chi connectivity index (χ2v) is 3.66. The van der Waals surface area contributed by atoms with Crippen LogP contribution in [0.4, 0.5) is 0 Å². The Bertz CT molecular complexity index is 352. The van der Waals surface area contributed by atoms with Crippen LogP contribution in [0.25, 0.3) is 0 Å². The average molecular weight is 236 g/mol. The lowest BCUT2D eigenvalue weighted by Crippen LogP contribution is -2.82. The Morgan fingerprint density at radius 1 is 1.41 bits per heavy atom. The van der Waals surface area contributed by atoms with Crippen LogP contribution in [-0.4, -0.2) is 30.4 Å². The standard InChI is InChI=1S/C12H17N3O2/c16-12(10-15-17)14-8-4-7-13-9-11-5-2-1-3-6-11/h1-3,5-6,10,13,17H,4,7-9H2,(H,14,16)/p+1/b15-10-. The van der Waals surface area contributed by atoms with Crippen molar-refractivity contribution >= 4 is 12.1 Å². The first kappa shape index (κ1) is 13.2. The largest absolute Gasteiger partial charge is 0.411 e. The van der Waals surface area contributed by atoms with Crippen LogP contribution in [0.3, 0.4) is 0 Å². The monoisotopic (exact) mass is 236 g/mol. The third-order valence-electron chi connectivity index (χ3n) is 2.28. The second-order valence-electron chi connectivity index (χ2n) is 3.66. The van der Waals surface area contributed by atoms with Gasteiger partial charge < -0.3 is 15.8 Å². The van der Waals surface area contributed by atoms with E-state index in [2.05, 4.69) is 27.9 Å². The van der Waals surface area contributed by atoms with Crippen LogP contribution >= 0.6 is 0 Å². The van der Waals surface area contributed by atoms with Crippen molar-refractivity contribution in [1.82, 2.24) is 5.32 Å². The molecule has 0 spiro atoms. The highest BCUT2D eigenvalue weighted by atomic mass is 16.4. The summed E-state index contributed by atoms with van der Waals surface area (Å²) >= 11 is 0. The normalized spacial score (nSPS) is 10.6. The first-order valence-electron chi connectivity index (χ1n) is 5.64. The van der Waals surface area contributed by atoms with Gasteiger partial charge in [-0.1, -0.05) is 35.5 Å². The van der Waals surface area contributed by atoms with E-state index in [9.17, 15) is 4.79 Å². The Morgan fingerprint density at radius 2 is 2.18 bits per heavy atom. The van der Waals surface area contributed by atoms with Gasteiger partial charge in [-0.05, 0) is 0 Å². The molecule has 0 aliphatic carbocycles. The first-order chi connectivity index (χ1) is 8.33. The van der Waals surface area contributed by atoms with Gasteiger partial charge >= 0.3 is 0 Å². The SMILES string of the molecule is O=C(/C=N\O)NCCC[NH2+]Cc1ccccc1. The molecule has 0 unspecified atom stereocenters. The quantitative estimate of drug-likeness (QED) is 0.263. The van der Waals surface area contributed by atoms with E-state index < -0.39 is 0 Å². The molecule has 0 heterocycles. The fourth-order valence-electron chi connectivity index (χ4n) is 1.44. The van der Waals surface area contributed by atoms with Crippen LogP contribution in [0.5, 0.6) is 0 Å². The van der Waals surface area contributed by atoms with Gasteiger partial charge in [0.25, 0.3) is 5.91 Å². The average Bonchev–Trinajstić information content (AvgIpc) is 2.35. The van der Waals surface area contributed by atoms with Gasteiger partial charge in [-0.2, -0.15) is 0 Å². The van der Waals surface area contributed by atoms with Gasteiger partial charge in [-0.15, -0.1) is 0 Å². The molecule has 0 fully saturated rings. The van der Waals surface area contributed by atoms with Crippen molar-refractivity contribution in [1.29, 1.82) is 0 Å². The number of benzene rings is 1. The van der Waals surface area contributed by atoms with Gasteiger partial charge in [-0.25, -0.2) is 0 Å². The zero-order valence-corrected chi connectivity index (χ0v) is 9.67. The summed E-state index contributed by atoms with van der Waals surface area (Å²) in [5.74, 6) is -0.365. The topological polar surface area (TPSA) is 78.3 Å². The maximum Gasteiger partial charge on any atom is 0.265 e. The number of amides is 1. The van der Waals surface area contributed by atoms with Gasteiger partial charge in [0.2, 0.25) is 0 Å². The van der Waals surface area contributed by atoms with E-state index in [4.69, 9.17) is 5.21 Å². The van der Waals surface area contributed by atoms with E-state index in [1.165, 1.54) is 5.56 Å². The van der Waals surface area contributed by atoms with Crippen molar-refractivity contribution in [2.45, 2.75) is 13.0 Å². The van der Waals surface area contributed by atoms with Crippen molar-refractivity contribution in [2.24, 2.45) is 5.16 Å². The molecule has 1 rings (SSSR count). The molecule has 0 radical (unpaired) electrons. The summed E-state index contributed by atoms with van der Waals surface area (Å²) in [5, 5.41) is 15.6. The summed E-state index contributed by atoms with van der Waals surface area (Å²) in [7, 11) is 0. The molecule has 0 bridgehead atoms. The van der Waals surface area contributed by atoms with E-state index in [0.29, 0.717) is 6.54 Å². The van der Waals surface area contributed by atoms with Gasteiger partial charge in [0.05, 0.1) is 6.54 Å². The van der Waals surface area contributed by atoms with Crippen molar-refractivity contribution in [2.75, 3.05) is 13.1 Å². The van der Waals surface area contributed by atoms with Crippen LogP contribution < -0.4 is 10.6 Å². The highest BCUT2D eigenvalue weighted by Crippen LogP contribution is 1.94. The molecule has 0 saturated carbocycles. The number of carbonyl (C=O) groups excluding carboxylic acids is 1. The van der Waals surface area contributed by atoms with E-state index in [0.717, 1.165) is 25.7 Å². The minimum Gasteiger partial charge on any atom is -0.411 e. The molecule has 1 amide bonds. The highest BCUT2D eigenvalue weighted by molar-refractivity contribution is 6.25. The summed E-state index contributed by atoms with van der Waals surface area (Å²) in [5.41, 5.74) is 1.30. The number of carbonyl (C=O) groups is 1. The molecule has 92 valence electrons. The Balaban J connectivity index is 2.00. The number of quaternary nitrogens is 1. The molecule has 0 aliphatic heterocycles. The molecular formula is C12H18N3O2+. The Morgan fingerprint density at radius 3 is 2.88 bits per heavy atom. The molecule has 0 aliphatic rings. The van der Waals surface area contributed by atoms with E-state index in [1.807, 2.05) is 18.2 Å². The van der Waals surface area contributed by atoms with E-state index >= 15 is 0 Å². The number of nitrogens with one attached hydrogen (secondary N) is 1. The Labute approximate surface area is 101 Å². The number of rotatable bonds is 7. The first-order valence-corrected chi connectivity index (χ1v) is 5.64. The summed E-state index contributed by atoms with van der Waals surface area (Å²) in [6.45, 7) is 2.49. The minimum absolute atomic E-state index is 0.365. The lowest BCUT2D eigenvalue weighted by molar-refractivity contribution is -0.670. The zero-order chi connectivity index (χ0) is 12.3. The van der Waals surface area contributed by atoms with E-state index in [-0.39, 0.29) is 5.91 Å². The lowest BCUT2D eigenvalue weighted by Gasteiger charge is -2.02. The van der Waals surface area contributed by atoms with Crippen LogP contribution in [-0.2, 0) is 11.3 Å². The third kappa shape index (κ3) is 6.32. The maximum atomic E-state index is 10.9. The molecular weight excluding hydrogens is 218 g/mol. The summed E-state index contributed by atoms with van der Waals surface area (Å²) < 4.78 is 0. The van der Waals surface area contributed by atoms with Crippen LogP contribution in [0.1, 0.15) is 12.0 Å². The van der Waals surface area contributed by atoms with Crippen LogP contribution in [0, 0.1) is 0 Å². The van der Waals surface area contributed by atoms with Crippen LogP contribution in [0.2, 0.25) is 0 Å². The van der Waals surface area contributed by atoms with Crippen molar-refractivity contribution < 1.29 is 15.3 Å². The predicted octanol–water partition coefficient (Wildman–Crippen LogP) is -0.284. The van der Waals surface area contributed by atoms with E-state index in [1.54, 1.807) is 0 Å². The molecule has 0 aromatic heterocycles. The van der Waals surface area contributed by atoms with Crippen molar-refractivity contribution in [3.8, 4) is 0 Å². The fraction of sp³-hybridized carbons (Fsp3) is 0.333. The number of nitrogens with zero attached hydrogens (tertiary/aromatic N) is 1. The smallest absolute Gasteiger partial charge is 0.265 e. The minimum atomic E-state index is -0.365. The maximum absolute atomic E-state index is 10.9. The summed E-state index contributed by atoms with van der Waals surface area (Å²) in [4.78, 5) is 10.9. The van der Waals surface area contributed by atoms with Gasteiger partial charge in [-0.3, -0.25) is 4.79 Å². The Kier molecular flexibility index (Phi) is 6.43. The molecule has 0 saturated heterocycles. The molecule has 5 heteroatoms. The lowest BCUT2D eigenvalue weighted by atomic mass is 10.2. The van der Waals surface area contributed by atoms with Gasteiger partial charge in [0, 0.05) is 18.5 Å². The summed E-state index contributed by atoms with van der Waals surface area (Å²) in [6, 6.07) is 10.2. The number of hydrogen-bond donors (Lipinski definition) is 3. The molecule has 1 aromatic carbocycles. The van der Waals surface area contributed by atoms with Crippen molar-refractivity contribution in [3.63, 3.8) is 0 Å². The number of oxime groups is 1. The predicted molar refractivity (Wildman–Crippen MR) is 64.8 cm³/mol. The molecule has 17 heavy (non-hydrogen) atoms. The Hall–Kier alpha value is -1.88. The zero-order valence-electron chi connectivity index (χ0n) is 9.67. The van der Waals surface area contributed by atoms with Gasteiger partial charge in [0.1, 0.15) is 12.8 Å². The molecule has 0 atom stereocenters. The third-order valence-corrected chi connectivity index (χ3v) is 2.28. The summed E-state index contributed by atoms with van der Waals surface area (Å²) in [6.07, 6.45) is 1.74. The molecule has 1 aromatic rings. The van der Waals surface area contributed by atoms with Gasteiger partial charge in [0.15, 0.2) is 0 Å². The fourth-order valence-corrected chi connectivity index (χ4v) is 1.44. The van der Waals surface area contributed by atoms with Crippen LogP contribution in [0.15, 0.2) is 35.5 Å². The second kappa shape index (κ2) is 8.29. The number of hydrogen-bond acceptors (Lipinski definition) is 3. The number of nitrogens with two attached hydrogens (primary N) is 1. The molecule has 4 N–H and O–H groups in total.